The quantitative estimate of drug-likeness (QED) is 0.177. The van der Waals surface area contributed by atoms with Crippen LogP contribution < -0.4 is 5.32 Å². The van der Waals surface area contributed by atoms with Crippen molar-refractivity contribution < 1.29 is 18.7 Å². The lowest BCUT2D eigenvalue weighted by Crippen LogP contribution is -2.32. The molecule has 0 bridgehead atoms. The van der Waals surface area contributed by atoms with Gasteiger partial charge in [0.2, 0.25) is 0 Å². The number of hydrogen-bond donors (Lipinski definition) is 1. The molecule has 0 radical (unpaired) electrons. The minimum absolute atomic E-state index is 0.0396. The number of rotatable bonds is 7. The lowest BCUT2D eigenvalue weighted by Gasteiger charge is -2.29. The number of aromatic nitrogens is 3. The summed E-state index contributed by atoms with van der Waals surface area (Å²) >= 11 is 13.2. The molecule has 3 aromatic heterocycles. The SMILES string of the molecule is COC(=O)N1C[C@@H](C)C[C@@H]1c1cc2c(-c3ccc(C(=O)N(C)C)nc3)nc3c(F)c(-c4cccc(Cl)c4Cl)c(CCC#N)cc3c2n1[C@@H]1CNC[C@H]1C. The van der Waals surface area contributed by atoms with Gasteiger partial charge in [-0.1, -0.05) is 49.2 Å². The van der Waals surface area contributed by atoms with Crippen molar-refractivity contribution in [3.63, 3.8) is 0 Å². The summed E-state index contributed by atoms with van der Waals surface area (Å²) in [6.45, 7) is 6.28. The zero-order chi connectivity index (χ0) is 37.7. The second-order valence-electron chi connectivity index (χ2n) is 14.4. The first-order valence-corrected chi connectivity index (χ1v) is 18.4. The van der Waals surface area contributed by atoms with Gasteiger partial charge in [-0.3, -0.25) is 14.7 Å². The summed E-state index contributed by atoms with van der Waals surface area (Å²) < 4.78 is 25.1. The number of amides is 2. The molecule has 2 saturated heterocycles. The predicted molar refractivity (Wildman–Crippen MR) is 205 cm³/mol. The van der Waals surface area contributed by atoms with Gasteiger partial charge in [-0.2, -0.15) is 5.26 Å². The van der Waals surface area contributed by atoms with Crippen molar-refractivity contribution >= 4 is 57.0 Å². The highest BCUT2D eigenvalue weighted by molar-refractivity contribution is 6.43. The number of carbonyl (C=O) groups excluding carboxylic acids is 2. The highest BCUT2D eigenvalue weighted by atomic mass is 35.5. The number of carbonyl (C=O) groups is 2. The van der Waals surface area contributed by atoms with E-state index in [-0.39, 0.29) is 69.5 Å². The molecule has 2 aliphatic heterocycles. The topological polar surface area (TPSA) is 116 Å². The molecule has 5 heterocycles. The number of hydrogen-bond acceptors (Lipinski definition) is 7. The van der Waals surface area contributed by atoms with Gasteiger partial charge in [-0.25, -0.2) is 14.2 Å². The van der Waals surface area contributed by atoms with E-state index in [1.807, 2.05) is 6.07 Å². The van der Waals surface area contributed by atoms with Gasteiger partial charge >= 0.3 is 6.09 Å². The number of likely N-dealkylation sites (tertiary alicyclic amines) is 1. The molecule has 0 aliphatic carbocycles. The third kappa shape index (κ3) is 6.37. The highest BCUT2D eigenvalue weighted by Gasteiger charge is 2.40. The fourth-order valence-corrected chi connectivity index (χ4v) is 8.44. The molecule has 10 nitrogen and oxygen atoms in total. The fourth-order valence-electron chi connectivity index (χ4n) is 8.04. The van der Waals surface area contributed by atoms with Crippen LogP contribution in [0, 0.1) is 29.0 Å². The lowest BCUT2D eigenvalue weighted by molar-refractivity contribution is 0.0822. The van der Waals surface area contributed by atoms with E-state index in [0.29, 0.717) is 47.3 Å². The second kappa shape index (κ2) is 14.6. The summed E-state index contributed by atoms with van der Waals surface area (Å²) in [4.78, 5) is 38.8. The van der Waals surface area contributed by atoms with E-state index in [1.54, 1.807) is 55.5 Å². The van der Waals surface area contributed by atoms with Gasteiger partial charge in [0.15, 0.2) is 5.82 Å². The number of methoxy groups -OCH3 is 1. The van der Waals surface area contributed by atoms with Gasteiger partial charge in [0.1, 0.15) is 11.2 Å². The average molecular weight is 757 g/mol. The van der Waals surface area contributed by atoms with Crippen molar-refractivity contribution in [2.24, 2.45) is 11.8 Å². The number of benzene rings is 2. The zero-order valence-electron chi connectivity index (χ0n) is 30.2. The number of nitrogens with zero attached hydrogens (tertiary/aromatic N) is 6. The Kier molecular flexibility index (Phi) is 10.1. The number of aryl methyl sites for hydroxylation is 1. The first-order valence-electron chi connectivity index (χ1n) is 17.7. The summed E-state index contributed by atoms with van der Waals surface area (Å²) in [7, 11) is 4.71. The molecule has 53 heavy (non-hydrogen) atoms. The Balaban J connectivity index is 1.62. The van der Waals surface area contributed by atoms with Crippen molar-refractivity contribution in [1.29, 1.82) is 5.26 Å². The van der Waals surface area contributed by atoms with E-state index >= 15 is 4.39 Å². The average Bonchev–Trinajstić information content (AvgIpc) is 3.87. The predicted octanol–water partition coefficient (Wildman–Crippen LogP) is 8.45. The Labute approximate surface area is 317 Å². The van der Waals surface area contributed by atoms with E-state index in [9.17, 15) is 14.9 Å². The molecule has 13 heteroatoms. The minimum Gasteiger partial charge on any atom is -0.453 e. The van der Waals surface area contributed by atoms with Gasteiger partial charge in [-0.05, 0) is 67.1 Å². The molecule has 0 saturated carbocycles. The maximum absolute atomic E-state index is 17.6. The van der Waals surface area contributed by atoms with Gasteiger partial charge in [0.25, 0.3) is 5.91 Å². The second-order valence-corrected chi connectivity index (χ2v) is 15.1. The number of nitriles is 1. The van der Waals surface area contributed by atoms with Crippen LogP contribution in [0.1, 0.15) is 60.5 Å². The largest absolute Gasteiger partial charge is 0.453 e. The van der Waals surface area contributed by atoms with Crippen molar-refractivity contribution in [2.75, 3.05) is 40.8 Å². The normalized spacial score (nSPS) is 19.9. The molecular weight excluding hydrogens is 716 g/mol. The fraction of sp³-hybridized carbons (Fsp3) is 0.375. The van der Waals surface area contributed by atoms with Crippen LogP contribution in [0.2, 0.25) is 10.0 Å². The maximum atomic E-state index is 17.6. The van der Waals surface area contributed by atoms with Crippen LogP contribution in [0.15, 0.2) is 48.7 Å². The molecule has 2 aliphatic rings. The minimum atomic E-state index is -0.590. The Morgan fingerprint density at radius 3 is 2.58 bits per heavy atom. The van der Waals surface area contributed by atoms with E-state index < -0.39 is 11.9 Å². The Bertz CT molecular complexity index is 2300. The van der Waals surface area contributed by atoms with Crippen LogP contribution in [0.3, 0.4) is 0 Å². The molecule has 1 N–H and O–H groups in total. The van der Waals surface area contributed by atoms with E-state index in [1.165, 1.54) is 12.0 Å². The summed E-state index contributed by atoms with van der Waals surface area (Å²) in [6, 6.07) is 14.4. The van der Waals surface area contributed by atoms with Crippen molar-refractivity contribution in [1.82, 2.24) is 29.7 Å². The molecule has 7 rings (SSSR count). The van der Waals surface area contributed by atoms with Crippen LogP contribution in [0.4, 0.5) is 9.18 Å². The molecule has 274 valence electrons. The molecular formula is C40H40Cl2FN7O3. The molecule has 2 aromatic carbocycles. The lowest BCUT2D eigenvalue weighted by atomic mass is 9.92. The maximum Gasteiger partial charge on any atom is 0.410 e. The summed E-state index contributed by atoms with van der Waals surface area (Å²) in [6.07, 6.45) is 2.31. The molecule has 0 unspecified atom stereocenters. The smallest absolute Gasteiger partial charge is 0.410 e. The Morgan fingerprint density at radius 2 is 1.92 bits per heavy atom. The van der Waals surface area contributed by atoms with E-state index in [4.69, 9.17) is 32.9 Å². The molecule has 5 aromatic rings. The van der Waals surface area contributed by atoms with E-state index in [2.05, 4.69) is 40.9 Å². The number of nitrogens with one attached hydrogen (secondary N) is 1. The third-order valence-corrected chi connectivity index (χ3v) is 11.4. The number of fused-ring (bicyclic) bond motifs is 3. The Morgan fingerprint density at radius 1 is 1.13 bits per heavy atom. The number of pyridine rings is 2. The van der Waals surface area contributed by atoms with Crippen LogP contribution in [-0.4, -0.2) is 77.2 Å². The Hall–Kier alpha value is -4.76. The van der Waals surface area contributed by atoms with Gasteiger partial charge in [0.05, 0.1) is 46.5 Å². The van der Waals surface area contributed by atoms with Crippen LogP contribution >= 0.6 is 23.2 Å². The van der Waals surface area contributed by atoms with Crippen LogP contribution in [-0.2, 0) is 11.2 Å². The standard InChI is InChI=1S/C40H40Cl2FN7O3/c1-21-14-30(49(20-21)40(52)53-5)31-16-27-36(24-11-12-29(46-18-24)39(51)48(3)4)47-37-26(38(27)50(31)32-19-45-17-22(32)2)15-23(8-7-13-44)33(35(37)43)25-9-6-10-28(41)34(25)42/h6,9-12,15-16,18,21-22,30,32,45H,7-8,14,17,19-20H2,1-5H3/t21-,22+,30+,32+/m0/s1. The van der Waals surface area contributed by atoms with E-state index in [0.717, 1.165) is 23.1 Å². The summed E-state index contributed by atoms with van der Waals surface area (Å²) in [5.41, 5.74) is 4.35. The number of halogens is 3. The summed E-state index contributed by atoms with van der Waals surface area (Å²) in [5.74, 6) is -0.425. The molecule has 4 atom stereocenters. The van der Waals surface area contributed by atoms with Gasteiger partial charge in [-0.15, -0.1) is 0 Å². The molecule has 0 spiro atoms. The third-order valence-electron chi connectivity index (χ3n) is 10.6. The first kappa shape index (κ1) is 36.6. The van der Waals surface area contributed by atoms with Crippen molar-refractivity contribution in [2.45, 2.75) is 45.2 Å². The molecule has 2 fully saturated rings. The monoisotopic (exact) mass is 755 g/mol. The zero-order valence-corrected chi connectivity index (χ0v) is 31.7. The molecule has 2 amide bonds. The summed E-state index contributed by atoms with van der Waals surface area (Å²) in [5, 5.41) is 15.0. The van der Waals surface area contributed by atoms with Crippen molar-refractivity contribution in [3.05, 3.63) is 81.5 Å². The number of ether oxygens (including phenoxy) is 1. The first-order chi connectivity index (χ1) is 25.4. The van der Waals surface area contributed by atoms with Crippen LogP contribution in [0.5, 0.6) is 0 Å². The van der Waals surface area contributed by atoms with Gasteiger partial charge < -0.3 is 19.5 Å². The highest BCUT2D eigenvalue weighted by Crippen LogP contribution is 2.47. The van der Waals surface area contributed by atoms with Crippen molar-refractivity contribution in [3.8, 4) is 28.5 Å². The van der Waals surface area contributed by atoms with Crippen LogP contribution in [0.25, 0.3) is 44.2 Å². The van der Waals surface area contributed by atoms with Gasteiger partial charge in [0, 0.05) is 73.0 Å².